The fraction of sp³-hybridized carbons (Fsp3) is 0.308. The van der Waals surface area contributed by atoms with Crippen molar-refractivity contribution < 1.29 is 4.79 Å². The van der Waals surface area contributed by atoms with Crippen LogP contribution >= 0.6 is 34.8 Å². The van der Waals surface area contributed by atoms with Crippen LogP contribution in [0.5, 0.6) is 0 Å². The predicted octanol–water partition coefficient (Wildman–Crippen LogP) is 3.09. The second-order valence-electron chi connectivity index (χ2n) is 4.95. The van der Waals surface area contributed by atoms with E-state index in [0.29, 0.717) is 11.7 Å². The Kier molecular flexibility index (Phi) is 5.03. The van der Waals surface area contributed by atoms with Crippen LogP contribution in [0.25, 0.3) is 11.0 Å². The lowest BCUT2D eigenvalue weighted by molar-refractivity contribution is -0.113. The van der Waals surface area contributed by atoms with Crippen molar-refractivity contribution in [3.63, 3.8) is 0 Å². The smallest absolute Gasteiger partial charge is 0.234 e. The molecular formula is C13H14N6OS3. The van der Waals surface area contributed by atoms with Crippen LogP contribution in [0.15, 0.2) is 22.5 Å². The topological polar surface area (TPSA) is 92.7 Å². The Morgan fingerprint density at radius 1 is 1.30 bits per heavy atom. The first-order valence-corrected chi connectivity index (χ1v) is 9.39. The number of benzene rings is 1. The maximum absolute atomic E-state index is 12.1. The minimum atomic E-state index is -0.107. The molecule has 3 aromatic rings. The van der Waals surface area contributed by atoms with E-state index in [4.69, 9.17) is 0 Å². The number of amides is 1. The standard InChI is InChI=1S/C13H14N6OS3/c1-7(2)14-12-16-17-13(22-12)21-6-10(20)15-8-4-3-5-9-11(8)19-23-18-9/h3-5,7H,6H2,1-2H3,(H,14,16)(H,15,20). The molecule has 0 aliphatic carbocycles. The zero-order valence-corrected chi connectivity index (χ0v) is 14.9. The van der Waals surface area contributed by atoms with Crippen LogP contribution in [-0.2, 0) is 4.79 Å². The van der Waals surface area contributed by atoms with Gasteiger partial charge in [0.1, 0.15) is 11.0 Å². The van der Waals surface area contributed by atoms with Crippen LogP contribution in [0.3, 0.4) is 0 Å². The van der Waals surface area contributed by atoms with Crippen LogP contribution in [0.1, 0.15) is 13.8 Å². The van der Waals surface area contributed by atoms with Crippen LogP contribution in [-0.4, -0.2) is 36.6 Å². The molecule has 2 N–H and O–H groups in total. The van der Waals surface area contributed by atoms with E-state index in [1.54, 1.807) is 0 Å². The molecule has 0 atom stereocenters. The first-order chi connectivity index (χ1) is 11.1. The SMILES string of the molecule is CC(C)Nc1nnc(SCC(=O)Nc2cccc3nsnc23)s1. The molecule has 2 heterocycles. The summed E-state index contributed by atoms with van der Waals surface area (Å²) in [6.45, 7) is 4.07. The molecule has 0 fully saturated rings. The lowest BCUT2D eigenvalue weighted by Gasteiger charge is -2.04. The van der Waals surface area contributed by atoms with Gasteiger partial charge in [-0.1, -0.05) is 29.2 Å². The third-order valence-corrected chi connectivity index (χ3v) is 5.24. The van der Waals surface area contributed by atoms with Crippen molar-refractivity contribution in [1.82, 2.24) is 18.9 Å². The molecule has 2 aromatic heterocycles. The largest absolute Gasteiger partial charge is 0.358 e. The van der Waals surface area contributed by atoms with Gasteiger partial charge in [-0.25, -0.2) is 0 Å². The Balaban J connectivity index is 1.57. The van der Waals surface area contributed by atoms with Crippen molar-refractivity contribution in [2.45, 2.75) is 24.2 Å². The molecule has 0 unspecified atom stereocenters. The third-order valence-electron chi connectivity index (χ3n) is 2.71. The highest BCUT2D eigenvalue weighted by molar-refractivity contribution is 8.01. The van der Waals surface area contributed by atoms with Gasteiger partial charge >= 0.3 is 0 Å². The second-order valence-corrected chi connectivity index (χ2v) is 7.67. The number of nitrogens with one attached hydrogen (secondary N) is 2. The molecule has 0 saturated heterocycles. The van der Waals surface area contributed by atoms with E-state index < -0.39 is 0 Å². The molecule has 0 aliphatic rings. The highest BCUT2D eigenvalue weighted by Crippen LogP contribution is 2.26. The summed E-state index contributed by atoms with van der Waals surface area (Å²) >= 11 is 3.94. The average molecular weight is 366 g/mol. The Hall–Kier alpha value is -1.78. The zero-order valence-electron chi connectivity index (χ0n) is 12.4. The Morgan fingerprint density at radius 2 is 2.17 bits per heavy atom. The van der Waals surface area contributed by atoms with Gasteiger partial charge in [-0.05, 0) is 26.0 Å². The van der Waals surface area contributed by atoms with Crippen molar-refractivity contribution in [2.75, 3.05) is 16.4 Å². The summed E-state index contributed by atoms with van der Waals surface area (Å²) in [6.07, 6.45) is 0. The van der Waals surface area contributed by atoms with E-state index in [2.05, 4.69) is 29.6 Å². The zero-order chi connectivity index (χ0) is 16.2. The molecule has 0 bridgehead atoms. The number of carbonyl (C=O) groups is 1. The van der Waals surface area contributed by atoms with Crippen molar-refractivity contribution in [1.29, 1.82) is 0 Å². The molecular weight excluding hydrogens is 352 g/mol. The molecule has 23 heavy (non-hydrogen) atoms. The fourth-order valence-electron chi connectivity index (χ4n) is 1.79. The van der Waals surface area contributed by atoms with Crippen LogP contribution < -0.4 is 10.6 Å². The maximum Gasteiger partial charge on any atom is 0.234 e. The minimum Gasteiger partial charge on any atom is -0.358 e. The van der Waals surface area contributed by atoms with E-state index >= 15 is 0 Å². The number of nitrogens with zero attached hydrogens (tertiary/aromatic N) is 4. The number of rotatable bonds is 6. The molecule has 120 valence electrons. The van der Waals surface area contributed by atoms with Crippen molar-refractivity contribution in [3.05, 3.63) is 18.2 Å². The normalized spacial score (nSPS) is 11.1. The maximum atomic E-state index is 12.1. The van der Waals surface area contributed by atoms with Gasteiger partial charge in [-0.3, -0.25) is 4.79 Å². The van der Waals surface area contributed by atoms with Crippen LogP contribution in [0, 0.1) is 0 Å². The minimum absolute atomic E-state index is 0.107. The quantitative estimate of drug-likeness (QED) is 0.648. The monoisotopic (exact) mass is 366 g/mol. The molecule has 3 rings (SSSR count). The summed E-state index contributed by atoms with van der Waals surface area (Å²) in [4.78, 5) is 12.1. The Labute approximate surface area is 145 Å². The van der Waals surface area contributed by atoms with Gasteiger partial charge in [-0.2, -0.15) is 8.75 Å². The highest BCUT2D eigenvalue weighted by Gasteiger charge is 2.11. The molecule has 1 aromatic carbocycles. The number of anilines is 2. The van der Waals surface area contributed by atoms with Gasteiger partial charge in [-0.15, -0.1) is 10.2 Å². The van der Waals surface area contributed by atoms with Gasteiger partial charge in [0.2, 0.25) is 11.0 Å². The van der Waals surface area contributed by atoms with Crippen molar-refractivity contribution in [2.24, 2.45) is 0 Å². The lowest BCUT2D eigenvalue weighted by Crippen LogP contribution is -2.14. The number of aromatic nitrogens is 4. The summed E-state index contributed by atoms with van der Waals surface area (Å²) in [5, 5.41) is 14.9. The Bertz CT molecular complexity index is 815. The molecule has 0 radical (unpaired) electrons. The summed E-state index contributed by atoms with van der Waals surface area (Å²) in [6, 6.07) is 5.84. The summed E-state index contributed by atoms with van der Waals surface area (Å²) in [5.74, 6) is 0.161. The predicted molar refractivity (Wildman–Crippen MR) is 95.4 cm³/mol. The van der Waals surface area contributed by atoms with Crippen LogP contribution in [0.4, 0.5) is 10.8 Å². The number of thioether (sulfide) groups is 1. The van der Waals surface area contributed by atoms with E-state index in [1.807, 2.05) is 32.0 Å². The molecule has 0 saturated carbocycles. The van der Waals surface area contributed by atoms with E-state index in [0.717, 1.165) is 32.2 Å². The third kappa shape index (κ3) is 4.15. The Morgan fingerprint density at radius 3 is 3.00 bits per heavy atom. The van der Waals surface area contributed by atoms with Gasteiger partial charge in [0, 0.05) is 6.04 Å². The molecule has 0 aliphatic heterocycles. The highest BCUT2D eigenvalue weighted by atomic mass is 32.2. The van der Waals surface area contributed by atoms with Gasteiger partial charge < -0.3 is 10.6 Å². The fourth-order valence-corrected chi connectivity index (χ4v) is 4.04. The molecule has 0 spiro atoms. The van der Waals surface area contributed by atoms with Crippen molar-refractivity contribution in [3.8, 4) is 0 Å². The van der Waals surface area contributed by atoms with Gasteiger partial charge in [0.25, 0.3) is 0 Å². The molecule has 10 heteroatoms. The lowest BCUT2D eigenvalue weighted by atomic mass is 10.2. The van der Waals surface area contributed by atoms with E-state index in [9.17, 15) is 4.79 Å². The van der Waals surface area contributed by atoms with Gasteiger partial charge in [0.05, 0.1) is 23.2 Å². The van der Waals surface area contributed by atoms with Crippen LogP contribution in [0.2, 0.25) is 0 Å². The van der Waals surface area contributed by atoms with Gasteiger partial charge in [0.15, 0.2) is 4.34 Å². The second kappa shape index (κ2) is 7.20. The van der Waals surface area contributed by atoms with E-state index in [-0.39, 0.29) is 11.7 Å². The summed E-state index contributed by atoms with van der Waals surface area (Å²) < 4.78 is 9.12. The number of carbonyl (C=O) groups excluding carboxylic acids is 1. The summed E-state index contributed by atoms with van der Waals surface area (Å²) in [5.41, 5.74) is 2.19. The van der Waals surface area contributed by atoms with E-state index in [1.165, 1.54) is 23.1 Å². The number of hydrogen-bond donors (Lipinski definition) is 2. The average Bonchev–Trinajstić information content (AvgIpc) is 3.14. The number of hydrogen-bond acceptors (Lipinski definition) is 9. The first-order valence-electron chi connectivity index (χ1n) is 6.86. The first kappa shape index (κ1) is 16.1. The van der Waals surface area contributed by atoms with Crippen molar-refractivity contribution >= 4 is 62.6 Å². The number of fused-ring (bicyclic) bond motifs is 1. The summed E-state index contributed by atoms with van der Waals surface area (Å²) in [7, 11) is 0. The molecule has 1 amide bonds. The molecule has 7 nitrogen and oxygen atoms in total.